The number of carboxylic acid groups (broad SMARTS) is 1. The number of benzene rings is 3. The van der Waals surface area contributed by atoms with Crippen LogP contribution in [0, 0.1) is 0 Å². The van der Waals surface area contributed by atoms with Crippen molar-refractivity contribution in [3.63, 3.8) is 0 Å². The molecule has 0 saturated heterocycles. The minimum Gasteiger partial charge on any atom is -0.489 e. The summed E-state index contributed by atoms with van der Waals surface area (Å²) in [5.41, 5.74) is 2.74. The Morgan fingerprint density at radius 2 is 1.47 bits per heavy atom. The molecule has 0 fully saturated rings. The zero-order valence-corrected chi connectivity index (χ0v) is 16.4. The molecule has 0 heterocycles. The van der Waals surface area contributed by atoms with Crippen LogP contribution in [0.3, 0.4) is 0 Å². The van der Waals surface area contributed by atoms with Gasteiger partial charge in [-0.25, -0.2) is 4.79 Å². The van der Waals surface area contributed by atoms with Crippen molar-refractivity contribution < 1.29 is 19.4 Å². The molecule has 1 atom stereocenters. The number of nitrogens with one attached hydrogen (secondary N) is 1. The molecule has 5 nitrogen and oxygen atoms in total. The highest BCUT2D eigenvalue weighted by Crippen LogP contribution is 2.15. The first kappa shape index (κ1) is 20.9. The van der Waals surface area contributed by atoms with Crippen LogP contribution in [0.2, 0.25) is 0 Å². The van der Waals surface area contributed by atoms with Crippen molar-refractivity contribution in [2.75, 3.05) is 0 Å². The second-order valence-corrected chi connectivity index (χ2v) is 6.77. The minimum absolute atomic E-state index is 0.225. The molecule has 2 N–H and O–H groups in total. The van der Waals surface area contributed by atoms with Gasteiger partial charge in [-0.15, -0.1) is 0 Å². The summed E-state index contributed by atoms with van der Waals surface area (Å²) >= 11 is 0. The van der Waals surface area contributed by atoms with E-state index >= 15 is 0 Å². The second-order valence-electron chi connectivity index (χ2n) is 6.77. The summed E-state index contributed by atoms with van der Waals surface area (Å²) in [6.45, 7) is 0.483. The van der Waals surface area contributed by atoms with Crippen molar-refractivity contribution in [2.45, 2.75) is 19.1 Å². The molecule has 0 radical (unpaired) electrons. The minimum atomic E-state index is -1.07. The summed E-state index contributed by atoms with van der Waals surface area (Å²) in [5, 5.41) is 11.9. The van der Waals surface area contributed by atoms with Gasteiger partial charge in [0.1, 0.15) is 18.4 Å². The van der Waals surface area contributed by atoms with E-state index in [-0.39, 0.29) is 6.42 Å². The molecule has 30 heavy (non-hydrogen) atoms. The molecule has 3 aromatic rings. The third kappa shape index (κ3) is 6.63. The normalized spacial score (nSPS) is 11.7. The van der Waals surface area contributed by atoms with Crippen molar-refractivity contribution in [3.05, 3.63) is 108 Å². The van der Waals surface area contributed by atoms with Crippen LogP contribution in [0.15, 0.2) is 91.0 Å². The first-order chi connectivity index (χ1) is 14.6. The first-order valence-corrected chi connectivity index (χ1v) is 9.62. The predicted octanol–water partition coefficient (Wildman–Crippen LogP) is 4.09. The van der Waals surface area contributed by atoms with E-state index < -0.39 is 17.9 Å². The lowest BCUT2D eigenvalue weighted by atomic mass is 10.1. The van der Waals surface area contributed by atoms with Crippen LogP contribution in [-0.4, -0.2) is 23.0 Å². The maximum Gasteiger partial charge on any atom is 0.326 e. The second kappa shape index (κ2) is 10.6. The highest BCUT2D eigenvalue weighted by molar-refractivity contribution is 5.94. The standard InChI is InChI=1S/C25H23NO4/c27-24(26-23(25(28)29)17-20-7-3-1-4-8-20)16-13-19-11-14-22(15-12-19)30-18-21-9-5-2-6-10-21/h1-16,23H,17-18H2,(H,26,27)(H,28,29)/b16-13+/t23-/m1/s1. The van der Waals surface area contributed by atoms with Crippen LogP contribution in [-0.2, 0) is 22.6 Å². The van der Waals surface area contributed by atoms with E-state index in [1.165, 1.54) is 6.08 Å². The van der Waals surface area contributed by atoms with Gasteiger partial charge in [-0.05, 0) is 34.9 Å². The average molecular weight is 401 g/mol. The number of ether oxygens (including phenoxy) is 1. The number of aliphatic carboxylic acids is 1. The van der Waals surface area contributed by atoms with Crippen molar-refractivity contribution in [3.8, 4) is 5.75 Å². The maximum atomic E-state index is 12.2. The van der Waals surface area contributed by atoms with E-state index in [1.807, 2.05) is 84.9 Å². The number of carboxylic acids is 1. The number of hydrogen-bond donors (Lipinski definition) is 2. The fourth-order valence-electron chi connectivity index (χ4n) is 2.86. The SMILES string of the molecule is O=C(/C=C/c1ccc(OCc2ccccc2)cc1)N[C@H](Cc1ccccc1)C(=O)O. The molecule has 0 bridgehead atoms. The predicted molar refractivity (Wildman–Crippen MR) is 116 cm³/mol. The largest absolute Gasteiger partial charge is 0.489 e. The lowest BCUT2D eigenvalue weighted by Gasteiger charge is -2.13. The molecule has 0 saturated carbocycles. The molecule has 1 amide bonds. The monoisotopic (exact) mass is 401 g/mol. The molecule has 3 aromatic carbocycles. The third-order valence-electron chi connectivity index (χ3n) is 4.45. The lowest BCUT2D eigenvalue weighted by molar-refractivity contribution is -0.141. The van der Waals surface area contributed by atoms with E-state index in [0.717, 1.165) is 22.4 Å². The molecule has 0 unspecified atom stereocenters. The van der Waals surface area contributed by atoms with Gasteiger partial charge in [-0.2, -0.15) is 0 Å². The highest BCUT2D eigenvalue weighted by atomic mass is 16.5. The fraction of sp³-hybridized carbons (Fsp3) is 0.120. The van der Waals surface area contributed by atoms with Gasteiger partial charge in [0.2, 0.25) is 5.91 Å². The van der Waals surface area contributed by atoms with Crippen molar-refractivity contribution in [1.82, 2.24) is 5.32 Å². The summed E-state index contributed by atoms with van der Waals surface area (Å²) in [7, 11) is 0. The molecule has 0 aliphatic rings. The summed E-state index contributed by atoms with van der Waals surface area (Å²) in [6, 6.07) is 25.4. The lowest BCUT2D eigenvalue weighted by Crippen LogP contribution is -2.41. The van der Waals surface area contributed by atoms with E-state index in [0.29, 0.717) is 6.61 Å². The van der Waals surface area contributed by atoms with Gasteiger partial charge in [0, 0.05) is 12.5 Å². The van der Waals surface area contributed by atoms with Crippen LogP contribution in [0.4, 0.5) is 0 Å². The molecular formula is C25H23NO4. The molecule has 0 aromatic heterocycles. The Bertz CT molecular complexity index is 983. The number of carbonyl (C=O) groups excluding carboxylic acids is 1. The summed E-state index contributed by atoms with van der Waals surface area (Å²) in [6.07, 6.45) is 3.20. The maximum absolute atomic E-state index is 12.2. The number of amides is 1. The zero-order chi connectivity index (χ0) is 21.2. The first-order valence-electron chi connectivity index (χ1n) is 9.62. The molecule has 0 aliphatic heterocycles. The van der Waals surface area contributed by atoms with E-state index in [2.05, 4.69) is 5.32 Å². The Morgan fingerprint density at radius 3 is 2.07 bits per heavy atom. The topological polar surface area (TPSA) is 75.6 Å². The molecule has 152 valence electrons. The molecule has 0 aliphatic carbocycles. The van der Waals surface area contributed by atoms with Gasteiger partial charge in [0.05, 0.1) is 0 Å². The molecule has 5 heteroatoms. The highest BCUT2D eigenvalue weighted by Gasteiger charge is 2.19. The van der Waals surface area contributed by atoms with Crippen LogP contribution in [0.25, 0.3) is 6.08 Å². The van der Waals surface area contributed by atoms with E-state index in [9.17, 15) is 14.7 Å². The number of hydrogen-bond acceptors (Lipinski definition) is 3. The van der Waals surface area contributed by atoms with Gasteiger partial charge < -0.3 is 15.2 Å². The smallest absolute Gasteiger partial charge is 0.326 e. The fourth-order valence-corrected chi connectivity index (χ4v) is 2.86. The summed E-state index contributed by atoms with van der Waals surface area (Å²) < 4.78 is 5.74. The Kier molecular flexibility index (Phi) is 7.39. The molecular weight excluding hydrogens is 378 g/mol. The van der Waals surface area contributed by atoms with Gasteiger partial charge in [-0.1, -0.05) is 72.8 Å². The van der Waals surface area contributed by atoms with Gasteiger partial charge in [0.25, 0.3) is 0 Å². The van der Waals surface area contributed by atoms with Crippen molar-refractivity contribution >= 4 is 18.0 Å². The van der Waals surface area contributed by atoms with E-state index in [1.54, 1.807) is 6.08 Å². The van der Waals surface area contributed by atoms with E-state index in [4.69, 9.17) is 4.74 Å². The Morgan fingerprint density at radius 1 is 0.867 bits per heavy atom. The van der Waals surface area contributed by atoms with Crippen LogP contribution in [0.5, 0.6) is 5.75 Å². The summed E-state index contributed by atoms with van der Waals surface area (Å²) in [5.74, 6) is -0.794. The summed E-state index contributed by atoms with van der Waals surface area (Å²) in [4.78, 5) is 23.6. The van der Waals surface area contributed by atoms with Crippen LogP contribution < -0.4 is 10.1 Å². The quantitative estimate of drug-likeness (QED) is 0.530. The van der Waals surface area contributed by atoms with Gasteiger partial charge in [-0.3, -0.25) is 4.79 Å². The molecule has 3 rings (SSSR count). The Labute approximate surface area is 175 Å². The zero-order valence-electron chi connectivity index (χ0n) is 16.4. The molecule has 0 spiro atoms. The third-order valence-corrected chi connectivity index (χ3v) is 4.45. The van der Waals surface area contributed by atoms with Gasteiger partial charge in [0.15, 0.2) is 0 Å². The number of carbonyl (C=O) groups is 2. The van der Waals surface area contributed by atoms with Gasteiger partial charge >= 0.3 is 5.97 Å². The van der Waals surface area contributed by atoms with Crippen molar-refractivity contribution in [2.24, 2.45) is 0 Å². The Hall–Kier alpha value is -3.86. The average Bonchev–Trinajstić information content (AvgIpc) is 2.78. The van der Waals surface area contributed by atoms with Crippen LogP contribution in [0.1, 0.15) is 16.7 Å². The number of rotatable bonds is 9. The Balaban J connectivity index is 1.52. The van der Waals surface area contributed by atoms with Crippen LogP contribution >= 0.6 is 0 Å². The van der Waals surface area contributed by atoms with Crippen molar-refractivity contribution in [1.29, 1.82) is 0 Å².